The second kappa shape index (κ2) is 8.81. The molecule has 0 saturated carbocycles. The van der Waals surface area contributed by atoms with E-state index < -0.39 is 12.8 Å². The highest BCUT2D eigenvalue weighted by atomic mass is 19.4. The lowest BCUT2D eigenvalue weighted by atomic mass is 10.2. The second-order valence-corrected chi connectivity index (χ2v) is 6.39. The molecule has 0 aliphatic carbocycles. The van der Waals surface area contributed by atoms with Crippen LogP contribution in [-0.2, 0) is 17.8 Å². The first-order valence-corrected chi connectivity index (χ1v) is 8.87. The van der Waals surface area contributed by atoms with Gasteiger partial charge in [0.05, 0.1) is 12.1 Å². The SMILES string of the molecule is Cc1oc(-c2ccccc2)nc1CC(=O)NCc1ccc(OCC(F)(F)F)cc1. The maximum absolute atomic E-state index is 12.2. The van der Waals surface area contributed by atoms with E-state index in [4.69, 9.17) is 4.42 Å². The number of oxazole rings is 1. The number of aromatic nitrogens is 1. The summed E-state index contributed by atoms with van der Waals surface area (Å²) in [6, 6.07) is 15.4. The summed E-state index contributed by atoms with van der Waals surface area (Å²) in [5.41, 5.74) is 2.12. The molecule has 0 saturated heterocycles. The summed E-state index contributed by atoms with van der Waals surface area (Å²) in [5.74, 6) is 0.910. The number of halogens is 3. The largest absolute Gasteiger partial charge is 0.484 e. The van der Waals surface area contributed by atoms with Gasteiger partial charge in [-0.15, -0.1) is 0 Å². The molecule has 0 unspecified atom stereocenters. The van der Waals surface area contributed by atoms with Crippen molar-refractivity contribution >= 4 is 5.91 Å². The Morgan fingerprint density at radius 3 is 2.45 bits per heavy atom. The van der Waals surface area contributed by atoms with Crippen LogP contribution in [0, 0.1) is 6.92 Å². The first kappa shape index (κ1) is 20.4. The smallest absolute Gasteiger partial charge is 0.422 e. The molecule has 0 radical (unpaired) electrons. The third-order valence-electron chi connectivity index (χ3n) is 4.06. The van der Waals surface area contributed by atoms with E-state index in [9.17, 15) is 18.0 Å². The van der Waals surface area contributed by atoms with Crippen molar-refractivity contribution in [1.82, 2.24) is 10.3 Å². The van der Waals surface area contributed by atoms with Gasteiger partial charge in [0.1, 0.15) is 11.5 Å². The first-order valence-electron chi connectivity index (χ1n) is 8.87. The van der Waals surface area contributed by atoms with Crippen molar-refractivity contribution in [3.05, 3.63) is 71.6 Å². The standard InChI is InChI=1S/C21H19F3N2O3/c1-14-18(26-20(29-14)16-5-3-2-4-6-16)11-19(27)25-12-15-7-9-17(10-8-15)28-13-21(22,23)24/h2-10H,11-13H2,1H3,(H,25,27). The fourth-order valence-electron chi connectivity index (χ4n) is 2.58. The van der Waals surface area contributed by atoms with Gasteiger partial charge in [0.25, 0.3) is 0 Å². The molecule has 1 aromatic heterocycles. The Bertz CT molecular complexity index is 952. The Morgan fingerprint density at radius 1 is 1.10 bits per heavy atom. The Hall–Kier alpha value is -3.29. The molecule has 2 aromatic carbocycles. The number of carbonyl (C=O) groups excluding carboxylic acids is 1. The molecule has 152 valence electrons. The third kappa shape index (κ3) is 6.10. The van der Waals surface area contributed by atoms with Crippen LogP contribution < -0.4 is 10.1 Å². The van der Waals surface area contributed by atoms with Crippen LogP contribution in [0.15, 0.2) is 59.0 Å². The minimum absolute atomic E-state index is 0.0644. The molecule has 1 N–H and O–H groups in total. The van der Waals surface area contributed by atoms with Gasteiger partial charge >= 0.3 is 6.18 Å². The van der Waals surface area contributed by atoms with E-state index in [-0.39, 0.29) is 24.6 Å². The van der Waals surface area contributed by atoms with Gasteiger partial charge in [0.2, 0.25) is 11.8 Å². The molecule has 0 atom stereocenters. The summed E-state index contributed by atoms with van der Waals surface area (Å²) in [7, 11) is 0. The molecule has 0 spiro atoms. The van der Waals surface area contributed by atoms with Crippen LogP contribution in [0.4, 0.5) is 13.2 Å². The lowest BCUT2D eigenvalue weighted by molar-refractivity contribution is -0.153. The van der Waals surface area contributed by atoms with Gasteiger partial charge in [0, 0.05) is 12.1 Å². The summed E-state index contributed by atoms with van der Waals surface area (Å²) < 4.78 is 46.7. The normalized spacial score (nSPS) is 11.3. The van der Waals surface area contributed by atoms with Crippen molar-refractivity contribution in [3.63, 3.8) is 0 Å². The topological polar surface area (TPSA) is 64.4 Å². The summed E-state index contributed by atoms with van der Waals surface area (Å²) in [6.45, 7) is 0.646. The minimum Gasteiger partial charge on any atom is -0.484 e. The van der Waals surface area contributed by atoms with Gasteiger partial charge in [-0.2, -0.15) is 13.2 Å². The van der Waals surface area contributed by atoms with Gasteiger partial charge < -0.3 is 14.5 Å². The van der Waals surface area contributed by atoms with Crippen LogP contribution in [0.2, 0.25) is 0 Å². The summed E-state index contributed by atoms with van der Waals surface area (Å²) >= 11 is 0. The van der Waals surface area contributed by atoms with Crippen molar-refractivity contribution in [3.8, 4) is 17.2 Å². The molecule has 1 heterocycles. The quantitative estimate of drug-likeness (QED) is 0.632. The molecule has 1 amide bonds. The van der Waals surface area contributed by atoms with Gasteiger partial charge in [-0.3, -0.25) is 4.79 Å². The predicted octanol–water partition coefficient (Wildman–Crippen LogP) is 4.45. The van der Waals surface area contributed by atoms with Crippen molar-refractivity contribution in [2.24, 2.45) is 0 Å². The number of ether oxygens (including phenoxy) is 1. The molecule has 0 bridgehead atoms. The molecule has 3 aromatic rings. The summed E-state index contributed by atoms with van der Waals surface area (Å²) in [4.78, 5) is 16.6. The summed E-state index contributed by atoms with van der Waals surface area (Å²) in [6.07, 6.45) is -4.32. The minimum atomic E-state index is -4.38. The van der Waals surface area contributed by atoms with E-state index in [1.807, 2.05) is 30.3 Å². The van der Waals surface area contributed by atoms with Crippen LogP contribution in [0.5, 0.6) is 5.75 Å². The van der Waals surface area contributed by atoms with Crippen LogP contribution in [0.3, 0.4) is 0 Å². The van der Waals surface area contributed by atoms with Crippen molar-refractivity contribution in [2.75, 3.05) is 6.61 Å². The molecular weight excluding hydrogens is 385 g/mol. The molecule has 0 fully saturated rings. The van der Waals surface area contributed by atoms with E-state index in [0.29, 0.717) is 17.3 Å². The maximum Gasteiger partial charge on any atom is 0.422 e. The first-order chi connectivity index (χ1) is 13.8. The lowest BCUT2D eigenvalue weighted by Gasteiger charge is -2.10. The predicted molar refractivity (Wildman–Crippen MR) is 100 cm³/mol. The lowest BCUT2D eigenvalue weighted by Crippen LogP contribution is -2.25. The second-order valence-electron chi connectivity index (χ2n) is 6.39. The van der Waals surface area contributed by atoms with Crippen LogP contribution in [0.25, 0.3) is 11.5 Å². The molecule has 0 aliphatic rings. The van der Waals surface area contributed by atoms with Crippen molar-refractivity contribution in [2.45, 2.75) is 26.1 Å². The molecule has 29 heavy (non-hydrogen) atoms. The number of nitrogens with zero attached hydrogens (tertiary/aromatic N) is 1. The highest BCUT2D eigenvalue weighted by Gasteiger charge is 2.28. The van der Waals surface area contributed by atoms with E-state index in [1.54, 1.807) is 19.1 Å². The average Bonchev–Trinajstić information content (AvgIpc) is 3.06. The molecular formula is C21H19F3N2O3. The Labute approximate surface area is 165 Å². The van der Waals surface area contributed by atoms with Gasteiger partial charge in [-0.25, -0.2) is 4.98 Å². The van der Waals surface area contributed by atoms with Gasteiger partial charge in [0.15, 0.2) is 6.61 Å². The monoisotopic (exact) mass is 404 g/mol. The van der Waals surface area contributed by atoms with Crippen molar-refractivity contribution in [1.29, 1.82) is 0 Å². The van der Waals surface area contributed by atoms with Gasteiger partial charge in [-0.05, 0) is 36.8 Å². The number of benzene rings is 2. The summed E-state index contributed by atoms with van der Waals surface area (Å²) in [5, 5.41) is 2.76. The fourth-order valence-corrected chi connectivity index (χ4v) is 2.58. The molecule has 0 aliphatic heterocycles. The number of nitrogens with one attached hydrogen (secondary N) is 1. The van der Waals surface area contributed by atoms with Crippen LogP contribution >= 0.6 is 0 Å². The van der Waals surface area contributed by atoms with Crippen LogP contribution in [0.1, 0.15) is 17.0 Å². The molecule has 8 heteroatoms. The van der Waals surface area contributed by atoms with E-state index >= 15 is 0 Å². The van der Waals surface area contributed by atoms with Gasteiger partial charge in [-0.1, -0.05) is 30.3 Å². The highest BCUT2D eigenvalue weighted by molar-refractivity contribution is 5.78. The average molecular weight is 404 g/mol. The number of amides is 1. The van der Waals surface area contributed by atoms with Crippen molar-refractivity contribution < 1.29 is 27.1 Å². The number of carbonyl (C=O) groups is 1. The zero-order chi connectivity index (χ0) is 20.9. The fraction of sp³-hybridized carbons (Fsp3) is 0.238. The number of hydrogen-bond acceptors (Lipinski definition) is 4. The Morgan fingerprint density at radius 2 is 1.79 bits per heavy atom. The molecule has 3 rings (SSSR count). The highest BCUT2D eigenvalue weighted by Crippen LogP contribution is 2.22. The number of rotatable bonds is 7. The zero-order valence-corrected chi connectivity index (χ0v) is 15.6. The van der Waals surface area contributed by atoms with Crippen LogP contribution in [-0.4, -0.2) is 23.7 Å². The molecule has 5 nitrogen and oxygen atoms in total. The maximum atomic E-state index is 12.2. The zero-order valence-electron chi connectivity index (χ0n) is 15.6. The van der Waals surface area contributed by atoms with E-state index in [0.717, 1.165) is 11.1 Å². The number of aryl methyl sites for hydroxylation is 1. The Balaban J connectivity index is 1.52. The Kier molecular flexibility index (Phi) is 6.21. The van der Waals surface area contributed by atoms with E-state index in [2.05, 4.69) is 15.0 Å². The van der Waals surface area contributed by atoms with E-state index in [1.165, 1.54) is 12.1 Å². The number of alkyl halides is 3. The number of hydrogen-bond donors (Lipinski definition) is 1. The third-order valence-corrected chi connectivity index (χ3v) is 4.06.